The second-order valence-electron chi connectivity index (χ2n) is 0. The van der Waals surface area contributed by atoms with Gasteiger partial charge >= 0.3 is 206 Å². The molecule has 0 saturated heterocycles. The van der Waals surface area contributed by atoms with Crippen molar-refractivity contribution in [3.05, 3.63) is 0 Å². The van der Waals surface area contributed by atoms with Gasteiger partial charge in [-0.15, -0.1) is 0 Å². The van der Waals surface area contributed by atoms with E-state index in [-0.39, 0.29) is 591 Å². The van der Waals surface area contributed by atoms with Crippen molar-refractivity contribution in [2.24, 2.45) is 0 Å². The van der Waals surface area contributed by atoms with Crippen LogP contribution < -0.4 is 206 Å². The minimum absolute atomic E-state index is 0. The second kappa shape index (κ2) is 1220. The topological polar surface area (TPSA) is 942 Å². The average Bonchev–Trinajstić information content (AvgIpc) is 0. The molecule has 0 aliphatic heterocycles. The van der Waals surface area contributed by atoms with Gasteiger partial charge in [-0.1, -0.05) is 0 Å². The summed E-state index contributed by atoms with van der Waals surface area (Å²) in [6.07, 6.45) is 0. The van der Waals surface area contributed by atoms with Gasteiger partial charge in [0.25, 0.3) is 0 Å². The molecule has 0 aromatic heterocycles. The summed E-state index contributed by atoms with van der Waals surface area (Å²) in [4.78, 5) is 0. The Balaban J connectivity index is 0. The molecule has 0 aromatic carbocycles. The Kier molecular flexibility index (Phi) is 34100. The van der Waals surface area contributed by atoms with Crippen molar-refractivity contribution >= 4 is 0 Å². The van der Waals surface area contributed by atoms with Crippen molar-refractivity contribution in [3.63, 3.8) is 0 Å². The van der Waals surface area contributed by atoms with E-state index >= 15 is 0 Å². The van der Waals surface area contributed by atoms with Crippen LogP contribution in [0.15, 0.2) is 0 Å². The fraction of sp³-hybridized carbons (Fsp3) is 0. The summed E-state index contributed by atoms with van der Waals surface area (Å²) in [5.74, 6) is 0. The molecule has 0 saturated carbocycles. The molecule has 0 amide bonds. The molecule has 0 bridgehead atoms. The van der Waals surface area contributed by atoms with Gasteiger partial charge in [0, 0.05) is 211 Å². The van der Waals surface area contributed by atoms with E-state index in [1.165, 1.54) is 0 Å². The summed E-state index contributed by atoms with van der Waals surface area (Å²) in [5.41, 5.74) is 0. The van der Waals surface area contributed by atoms with E-state index in [4.69, 9.17) is 0 Å². The summed E-state index contributed by atoms with van der Waals surface area (Å²) in [5, 5.41) is 0. The first-order valence-corrected chi connectivity index (χ1v) is 0. The number of rotatable bonds is 0. The smallest absolute Gasteiger partial charge is 1.00 e. The molecule has 0 heterocycles. The van der Waals surface area contributed by atoms with E-state index in [1.807, 2.05) is 0 Å². The van der Waals surface area contributed by atoms with Gasteiger partial charge in [-0.2, -0.15) is 0 Å². The van der Waals surface area contributed by atoms with E-state index in [1.54, 1.807) is 0 Å². The van der Waals surface area contributed by atoms with Crippen molar-refractivity contribution < 1.29 is 591 Å². The standard InChI is InChI=1S/4K.10H2O.22O.10W/h;;;;10*1H2;;;;;;;;;;;;;;;;;;;;;;;;;;;;;;;;/q4*+1;;;;;;;;;;;22*-2;;;;;;;;;;. The first-order valence-electron chi connectivity index (χ1n) is 0. The van der Waals surface area contributed by atoms with Crippen molar-refractivity contribution in [2.45, 2.75) is 0 Å². The Hall–Kier alpha value is 12.1. The van der Waals surface area contributed by atoms with Crippen molar-refractivity contribution in [1.82, 2.24) is 0 Å². The normalized spacial score (nSPS) is 0. The van der Waals surface area contributed by atoms with Crippen LogP contribution in [-0.4, -0.2) is 54.8 Å². The van der Waals surface area contributed by atoms with Crippen molar-refractivity contribution in [1.29, 1.82) is 0 Å². The van der Waals surface area contributed by atoms with E-state index in [2.05, 4.69) is 0 Å². The van der Waals surface area contributed by atoms with Gasteiger partial charge in [0.15, 0.2) is 0 Å². The van der Waals surface area contributed by atoms with Crippen LogP contribution in [0, 0.1) is 0 Å². The van der Waals surface area contributed by atoms with E-state index in [9.17, 15) is 0 Å². The summed E-state index contributed by atoms with van der Waals surface area (Å²) in [7, 11) is 0. The Morgan fingerprint density at radius 3 is 0.0870 bits per heavy atom. The average molecular weight is 2530 g/mol. The van der Waals surface area contributed by atoms with Gasteiger partial charge in [0.1, 0.15) is 0 Å². The maximum Gasteiger partial charge on any atom is 1.00 e. The van der Waals surface area contributed by atoms with Gasteiger partial charge < -0.3 is 175 Å². The molecule has 32 nitrogen and oxygen atoms in total. The first kappa shape index (κ1) is 1290. The van der Waals surface area contributed by atoms with Gasteiger partial charge in [-0.25, -0.2) is 0 Å². The summed E-state index contributed by atoms with van der Waals surface area (Å²) in [6.45, 7) is 0. The minimum atomic E-state index is 0. The minimum Gasteiger partial charge on any atom is -2.00 e. The maximum atomic E-state index is 0. The van der Waals surface area contributed by atoms with E-state index in [0.29, 0.717) is 0 Å². The summed E-state index contributed by atoms with van der Waals surface area (Å²) in [6, 6.07) is 0. The molecule has 0 radical (unpaired) electrons. The third-order valence-corrected chi connectivity index (χ3v) is 0. The van der Waals surface area contributed by atoms with Crippen molar-refractivity contribution in [3.8, 4) is 0 Å². The Morgan fingerprint density at radius 1 is 0.0870 bits per heavy atom. The van der Waals surface area contributed by atoms with Crippen LogP contribution in [0.4, 0.5) is 0 Å². The van der Waals surface area contributed by atoms with Crippen LogP contribution in [-0.2, 0) is 331 Å². The van der Waals surface area contributed by atoms with E-state index in [0.717, 1.165) is 0 Å². The first-order chi connectivity index (χ1) is 0. The number of hydrogen-bond donors (Lipinski definition) is 0. The molecule has 20 N–H and O–H groups in total. The fourth-order valence-electron chi connectivity index (χ4n) is 0. The maximum absolute atomic E-state index is 0. The van der Waals surface area contributed by atoms with Crippen LogP contribution in [0.3, 0.4) is 0 Å². The van der Waals surface area contributed by atoms with Gasteiger partial charge in [-0.3, -0.25) is 0 Å². The Bertz CT molecular complexity index is 52.9. The summed E-state index contributed by atoms with van der Waals surface area (Å²) < 4.78 is 0. The van der Waals surface area contributed by atoms with Gasteiger partial charge in [0.05, 0.1) is 0 Å². The van der Waals surface area contributed by atoms with Gasteiger partial charge in [-0.05, 0) is 0 Å². The molecule has 316 valence electrons. The molecule has 0 spiro atoms. The predicted octanol–water partition coefficient (Wildman–Crippen LogP) is -22.9. The third-order valence-electron chi connectivity index (χ3n) is 0. The molecule has 0 unspecified atom stereocenters. The Morgan fingerprint density at radius 2 is 0.0870 bits per heavy atom. The fourth-order valence-corrected chi connectivity index (χ4v) is 0. The molecule has 0 aromatic rings. The zero-order valence-corrected chi connectivity index (χ0v) is 63.9. The monoisotopic (exact) mass is 2530 g/mol. The van der Waals surface area contributed by atoms with Crippen LogP contribution in [0.5, 0.6) is 0 Å². The molecule has 0 fully saturated rings. The molecule has 0 rings (SSSR count). The molecule has 0 aliphatic carbocycles. The predicted molar refractivity (Wildman–Crippen MR) is 51.2 cm³/mol. The molecular weight excluding hydrogens is 2510 g/mol. The van der Waals surface area contributed by atoms with Gasteiger partial charge in [0.2, 0.25) is 0 Å². The zero-order chi connectivity index (χ0) is 0. The molecular formula is H20K4O32W10-40. The molecule has 0 aliphatic rings. The molecule has 0 atom stereocenters. The zero-order valence-electron chi connectivity index (χ0n) is 22.1. The van der Waals surface area contributed by atoms with Crippen LogP contribution in [0.25, 0.3) is 0 Å². The summed E-state index contributed by atoms with van der Waals surface area (Å²) >= 11 is 0. The van der Waals surface area contributed by atoms with Crippen LogP contribution >= 0.6 is 0 Å². The molecule has 46 heavy (non-hydrogen) atoms. The molecule has 46 heteroatoms. The van der Waals surface area contributed by atoms with Crippen molar-refractivity contribution in [2.75, 3.05) is 0 Å². The number of hydrogen-bond acceptors (Lipinski definition) is 0. The quantitative estimate of drug-likeness (QED) is 0.204. The van der Waals surface area contributed by atoms with E-state index < -0.39 is 0 Å². The second-order valence-corrected chi connectivity index (χ2v) is 0. The third kappa shape index (κ3) is 1160. The van der Waals surface area contributed by atoms with Crippen LogP contribution in [0.1, 0.15) is 0 Å². The van der Waals surface area contributed by atoms with Crippen LogP contribution in [0.2, 0.25) is 0 Å². The SMILES string of the molecule is O.O.O.O.O.O.O.O.O.O.[K+].[K+].[K+].[K+].[O-2].[O-2].[O-2].[O-2].[O-2].[O-2].[O-2].[O-2].[O-2].[O-2].[O-2].[O-2].[O-2].[O-2].[O-2].[O-2].[O-2].[O-2].[O-2].[O-2].[O-2].[O-2].[W].[W].[W].[W].[W].[W].[W].[W].[W].[W]. The Labute approximate surface area is 576 Å². The largest absolute Gasteiger partial charge is 2.00 e.